The van der Waals surface area contributed by atoms with E-state index >= 15 is 0 Å². The monoisotopic (exact) mass is 384 g/mol. The van der Waals surface area contributed by atoms with Gasteiger partial charge in [0.1, 0.15) is 5.78 Å². The molecule has 3 atom stereocenters. The Hall–Kier alpha value is -1.37. The second-order valence-electron chi connectivity index (χ2n) is 8.93. The first-order valence-electron chi connectivity index (χ1n) is 11.7. The normalized spacial score (nSPS) is 20.0. The largest absolute Gasteiger partial charge is 0.299 e. The second kappa shape index (κ2) is 14.6. The van der Waals surface area contributed by atoms with E-state index in [1.54, 1.807) is 0 Å². The molecule has 1 fully saturated rings. The molecule has 28 heavy (non-hydrogen) atoms. The predicted octanol–water partition coefficient (Wildman–Crippen LogP) is 8.50. The molecule has 3 unspecified atom stereocenters. The lowest BCUT2D eigenvalue weighted by Gasteiger charge is -2.28. The summed E-state index contributed by atoms with van der Waals surface area (Å²) in [6.07, 6.45) is 14.1. The van der Waals surface area contributed by atoms with Gasteiger partial charge in [-0.3, -0.25) is 4.79 Å². The van der Waals surface area contributed by atoms with Crippen LogP contribution in [0, 0.1) is 11.8 Å². The maximum Gasteiger partial charge on any atom is 0.140 e. The first kappa shape index (κ1) is 24.7. The molecular formula is C27H44O. The van der Waals surface area contributed by atoms with E-state index in [1.165, 1.54) is 50.5 Å². The number of rotatable bonds is 10. The van der Waals surface area contributed by atoms with Gasteiger partial charge in [0.25, 0.3) is 0 Å². The van der Waals surface area contributed by atoms with Gasteiger partial charge in [0.2, 0.25) is 0 Å². The minimum Gasteiger partial charge on any atom is -0.299 e. The van der Waals surface area contributed by atoms with E-state index in [2.05, 4.69) is 20.4 Å². The fourth-order valence-corrected chi connectivity index (χ4v) is 4.16. The Balaban J connectivity index is 0.000000307. The fourth-order valence-electron chi connectivity index (χ4n) is 4.16. The number of hydrogen-bond acceptors (Lipinski definition) is 1. The average molecular weight is 385 g/mol. The van der Waals surface area contributed by atoms with E-state index in [0.717, 1.165) is 36.7 Å². The Morgan fingerprint density at radius 1 is 1.07 bits per heavy atom. The number of hydrogen-bond donors (Lipinski definition) is 0. The topological polar surface area (TPSA) is 17.1 Å². The molecule has 0 bridgehead atoms. The molecule has 158 valence electrons. The summed E-state index contributed by atoms with van der Waals surface area (Å²) in [5.41, 5.74) is 2.32. The van der Waals surface area contributed by atoms with Gasteiger partial charge in [-0.25, -0.2) is 0 Å². The van der Waals surface area contributed by atoms with Gasteiger partial charge in [-0.15, -0.1) is 6.58 Å². The lowest BCUT2D eigenvalue weighted by molar-refractivity contribution is -0.120. The molecule has 0 aliphatic heterocycles. The van der Waals surface area contributed by atoms with Crippen molar-refractivity contribution in [3.8, 4) is 0 Å². The van der Waals surface area contributed by atoms with Gasteiger partial charge in [0.15, 0.2) is 0 Å². The van der Waals surface area contributed by atoms with Crippen molar-refractivity contribution in [2.45, 2.75) is 104 Å². The van der Waals surface area contributed by atoms with Crippen molar-refractivity contribution in [2.24, 2.45) is 11.8 Å². The summed E-state index contributed by atoms with van der Waals surface area (Å²) >= 11 is 0. The third-order valence-electron chi connectivity index (χ3n) is 6.28. The number of carbonyl (C=O) groups excluding carboxylic acids is 1. The number of unbranched alkanes of at least 4 members (excludes halogenated alkanes) is 2. The van der Waals surface area contributed by atoms with Crippen molar-refractivity contribution in [1.29, 1.82) is 0 Å². The first-order valence-corrected chi connectivity index (χ1v) is 11.7. The van der Waals surface area contributed by atoms with Crippen LogP contribution in [0.3, 0.4) is 0 Å². The highest BCUT2D eigenvalue weighted by molar-refractivity contribution is 5.85. The minimum atomic E-state index is 0.0287. The zero-order chi connectivity index (χ0) is 20.8. The fraction of sp³-hybridized carbons (Fsp3) is 0.667. The van der Waals surface area contributed by atoms with Crippen LogP contribution >= 0.6 is 0 Å². The van der Waals surface area contributed by atoms with Crippen LogP contribution in [-0.4, -0.2) is 5.78 Å². The maximum atomic E-state index is 12.0. The Labute approximate surface area is 175 Å². The van der Waals surface area contributed by atoms with Gasteiger partial charge < -0.3 is 0 Å². The molecule has 1 heteroatoms. The molecule has 0 spiro atoms. The third kappa shape index (κ3) is 10.2. The lowest BCUT2D eigenvalue weighted by atomic mass is 9.78. The number of Topliss-reactive ketones (excluding diaryl/α,β-unsaturated/α-hetero) is 1. The molecule has 0 saturated heterocycles. The van der Waals surface area contributed by atoms with E-state index in [9.17, 15) is 4.79 Å². The Morgan fingerprint density at radius 3 is 2.32 bits per heavy atom. The van der Waals surface area contributed by atoms with Crippen molar-refractivity contribution >= 4 is 5.78 Å². The highest BCUT2D eigenvalue weighted by Gasteiger charge is 2.20. The number of allylic oxidation sites excluding steroid dienone is 1. The Kier molecular flexibility index (Phi) is 12.9. The van der Waals surface area contributed by atoms with E-state index < -0.39 is 0 Å². The van der Waals surface area contributed by atoms with Crippen LogP contribution < -0.4 is 0 Å². The van der Waals surface area contributed by atoms with Crippen molar-refractivity contribution in [3.63, 3.8) is 0 Å². The highest BCUT2D eigenvalue weighted by atomic mass is 16.1. The van der Waals surface area contributed by atoms with Crippen LogP contribution in [0.5, 0.6) is 0 Å². The number of ketones is 1. The van der Waals surface area contributed by atoms with Crippen molar-refractivity contribution in [1.82, 2.24) is 0 Å². The van der Waals surface area contributed by atoms with Crippen LogP contribution in [0.1, 0.15) is 110 Å². The average Bonchev–Trinajstić information content (AvgIpc) is 2.71. The number of carbonyl (C=O) groups is 1. The summed E-state index contributed by atoms with van der Waals surface area (Å²) in [6, 6.07) is 10.0. The molecular weight excluding hydrogens is 340 g/mol. The minimum absolute atomic E-state index is 0.0287. The Morgan fingerprint density at radius 2 is 1.71 bits per heavy atom. The van der Waals surface area contributed by atoms with Gasteiger partial charge >= 0.3 is 0 Å². The molecule has 1 nitrogen and oxygen atoms in total. The van der Waals surface area contributed by atoms with Gasteiger partial charge in [-0.2, -0.15) is 0 Å². The van der Waals surface area contributed by atoms with Crippen LogP contribution in [0.15, 0.2) is 42.5 Å². The zero-order valence-corrected chi connectivity index (χ0v) is 19.0. The van der Waals surface area contributed by atoms with Crippen LogP contribution in [0.2, 0.25) is 0 Å². The summed E-state index contributed by atoms with van der Waals surface area (Å²) in [5, 5.41) is 0. The van der Waals surface area contributed by atoms with E-state index in [4.69, 9.17) is 0 Å². The molecule has 0 radical (unpaired) electrons. The van der Waals surface area contributed by atoms with Crippen molar-refractivity contribution in [2.75, 3.05) is 0 Å². The summed E-state index contributed by atoms with van der Waals surface area (Å²) in [5.74, 6) is 2.47. The smallest absolute Gasteiger partial charge is 0.140 e. The van der Waals surface area contributed by atoms with Gasteiger partial charge in [-0.1, -0.05) is 102 Å². The zero-order valence-electron chi connectivity index (χ0n) is 19.0. The maximum absolute atomic E-state index is 12.0. The first-order chi connectivity index (χ1) is 13.5. The predicted molar refractivity (Wildman–Crippen MR) is 124 cm³/mol. The van der Waals surface area contributed by atoms with E-state index in [-0.39, 0.29) is 5.92 Å². The van der Waals surface area contributed by atoms with Crippen LogP contribution in [0.4, 0.5) is 0 Å². The summed E-state index contributed by atoms with van der Waals surface area (Å²) in [4.78, 5) is 12.0. The molecule has 2 rings (SSSR count). The second-order valence-corrected chi connectivity index (χ2v) is 8.93. The highest BCUT2D eigenvalue weighted by Crippen LogP contribution is 2.32. The molecule has 0 N–H and O–H groups in total. The standard InChI is InChI=1S/C16H22O.C11H22/c1-13(2)9-7-8-12-16(17)14(3)15-10-5-4-6-11-15;1-3-4-8-11-9-6-5-7-10(11)2/h4-6,10-11,14H,1,7-9,12H2,2-3H3;10-11H,3-9H2,1-2H3. The van der Waals surface area contributed by atoms with Gasteiger partial charge in [0.05, 0.1) is 0 Å². The van der Waals surface area contributed by atoms with E-state index in [1.807, 2.05) is 44.2 Å². The molecule has 0 heterocycles. The molecule has 0 amide bonds. The SMILES string of the molecule is C=C(C)CCCCC(=O)C(C)c1ccccc1.CCCCC1CCCCC1C. The molecule has 1 aliphatic rings. The van der Waals surface area contributed by atoms with E-state index in [0.29, 0.717) is 12.2 Å². The summed E-state index contributed by atoms with van der Waals surface area (Å²) in [7, 11) is 0. The van der Waals surface area contributed by atoms with Gasteiger partial charge in [0, 0.05) is 12.3 Å². The molecule has 1 aromatic rings. The molecule has 1 aliphatic carbocycles. The van der Waals surface area contributed by atoms with Crippen molar-refractivity contribution < 1.29 is 4.79 Å². The Bertz CT molecular complexity index is 545. The molecule has 1 saturated carbocycles. The molecule has 0 aromatic heterocycles. The number of benzene rings is 1. The third-order valence-corrected chi connectivity index (χ3v) is 6.28. The summed E-state index contributed by atoms with van der Waals surface area (Å²) in [6.45, 7) is 12.6. The van der Waals surface area contributed by atoms with Gasteiger partial charge in [-0.05, 0) is 43.6 Å². The summed E-state index contributed by atoms with van der Waals surface area (Å²) < 4.78 is 0. The lowest BCUT2D eigenvalue weighted by Crippen LogP contribution is -2.16. The molecule has 1 aromatic carbocycles. The van der Waals surface area contributed by atoms with Crippen LogP contribution in [-0.2, 0) is 4.79 Å². The quantitative estimate of drug-likeness (QED) is 0.292. The van der Waals surface area contributed by atoms with Crippen molar-refractivity contribution in [3.05, 3.63) is 48.0 Å². The van der Waals surface area contributed by atoms with Crippen LogP contribution in [0.25, 0.3) is 0 Å².